The van der Waals surface area contributed by atoms with Gasteiger partial charge in [-0.05, 0) is 40.5 Å². The van der Waals surface area contributed by atoms with E-state index in [1.807, 2.05) is 36.4 Å². The molecule has 1 aliphatic rings. The van der Waals surface area contributed by atoms with E-state index in [4.69, 9.17) is 16.3 Å². The maximum Gasteiger partial charge on any atom is 0.407 e. The molecule has 7 nitrogen and oxygen atoms in total. The van der Waals surface area contributed by atoms with Crippen molar-refractivity contribution in [1.82, 2.24) is 5.32 Å². The minimum absolute atomic E-state index is 0.0411. The SMILES string of the molecule is O=C(/C=C/CNC(=O)OCC1c2ccccc2-c2ccccc21)Nc1cc(Cl)ccc1C(=O)O. The van der Waals surface area contributed by atoms with Gasteiger partial charge in [-0.3, -0.25) is 4.79 Å². The highest BCUT2D eigenvalue weighted by molar-refractivity contribution is 6.31. The Kier molecular flexibility index (Phi) is 6.94. The number of halogens is 1. The summed E-state index contributed by atoms with van der Waals surface area (Å²) in [5, 5.41) is 14.5. The van der Waals surface area contributed by atoms with Crippen molar-refractivity contribution in [2.45, 2.75) is 5.92 Å². The molecule has 1 aliphatic carbocycles. The molecule has 0 atom stereocenters. The molecule has 3 N–H and O–H groups in total. The number of nitrogens with one attached hydrogen (secondary N) is 2. The molecule has 3 aromatic rings. The summed E-state index contributed by atoms with van der Waals surface area (Å²) in [6.45, 7) is 0.252. The molecule has 0 bridgehead atoms. The Bertz CT molecular complexity index is 1240. The summed E-state index contributed by atoms with van der Waals surface area (Å²) in [7, 11) is 0. The number of aromatic carboxylic acids is 1. The first kappa shape index (κ1) is 23.1. The van der Waals surface area contributed by atoms with Gasteiger partial charge in [-0.15, -0.1) is 0 Å². The van der Waals surface area contributed by atoms with E-state index < -0.39 is 18.0 Å². The Morgan fingerprint density at radius 1 is 0.971 bits per heavy atom. The van der Waals surface area contributed by atoms with Crippen molar-refractivity contribution in [1.29, 1.82) is 0 Å². The number of carbonyl (C=O) groups is 3. The van der Waals surface area contributed by atoms with Gasteiger partial charge in [0.25, 0.3) is 0 Å². The van der Waals surface area contributed by atoms with E-state index >= 15 is 0 Å². The molecule has 3 aromatic carbocycles. The fourth-order valence-corrected chi connectivity index (χ4v) is 4.11. The molecule has 2 amide bonds. The second-order valence-corrected chi connectivity index (χ2v) is 8.03. The van der Waals surface area contributed by atoms with Crippen LogP contribution < -0.4 is 10.6 Å². The zero-order valence-electron chi connectivity index (χ0n) is 18.0. The molecule has 0 unspecified atom stereocenters. The van der Waals surface area contributed by atoms with Gasteiger partial charge in [0.2, 0.25) is 5.91 Å². The van der Waals surface area contributed by atoms with Crippen molar-refractivity contribution >= 4 is 35.3 Å². The average molecular weight is 477 g/mol. The number of amides is 2. The average Bonchev–Trinajstić information content (AvgIpc) is 3.14. The lowest BCUT2D eigenvalue weighted by Gasteiger charge is -2.14. The van der Waals surface area contributed by atoms with Crippen LogP contribution in [0.1, 0.15) is 27.4 Å². The van der Waals surface area contributed by atoms with Gasteiger partial charge in [-0.25, -0.2) is 9.59 Å². The Hall–Kier alpha value is -4.10. The lowest BCUT2D eigenvalue weighted by Crippen LogP contribution is -2.26. The number of carbonyl (C=O) groups excluding carboxylic acids is 2. The van der Waals surface area contributed by atoms with Crippen molar-refractivity contribution < 1.29 is 24.2 Å². The van der Waals surface area contributed by atoms with E-state index in [9.17, 15) is 19.5 Å². The molecule has 0 heterocycles. The van der Waals surface area contributed by atoms with Gasteiger partial charge in [0.05, 0.1) is 11.3 Å². The smallest absolute Gasteiger partial charge is 0.407 e. The molecule has 0 aliphatic heterocycles. The van der Waals surface area contributed by atoms with Crippen LogP contribution in [0.4, 0.5) is 10.5 Å². The molecule has 0 spiro atoms. The standard InChI is InChI=1S/C26H21ClN2O5/c27-16-11-12-21(25(31)32)23(14-16)29-24(30)10-5-13-28-26(33)34-15-22-19-8-3-1-6-17(19)18-7-2-4-9-20(18)22/h1-12,14,22H,13,15H2,(H,28,33)(H,29,30)(H,31,32)/b10-5+. The van der Waals surface area contributed by atoms with Gasteiger partial charge >= 0.3 is 12.1 Å². The molecule has 0 fully saturated rings. The van der Waals surface area contributed by atoms with Crippen molar-refractivity contribution in [3.05, 3.63) is 101 Å². The first-order chi connectivity index (χ1) is 16.4. The zero-order valence-corrected chi connectivity index (χ0v) is 18.7. The lowest BCUT2D eigenvalue weighted by atomic mass is 9.98. The minimum Gasteiger partial charge on any atom is -0.478 e. The first-order valence-corrected chi connectivity index (χ1v) is 10.9. The first-order valence-electron chi connectivity index (χ1n) is 10.5. The fourth-order valence-electron chi connectivity index (χ4n) is 3.94. The van der Waals surface area contributed by atoms with Gasteiger partial charge in [0.15, 0.2) is 0 Å². The number of ether oxygens (including phenoxy) is 1. The van der Waals surface area contributed by atoms with E-state index in [2.05, 4.69) is 22.8 Å². The molecular formula is C26H21ClN2O5. The number of carboxylic acid groups (broad SMARTS) is 1. The van der Waals surface area contributed by atoms with Crippen molar-refractivity contribution in [2.75, 3.05) is 18.5 Å². The van der Waals surface area contributed by atoms with Crippen LogP contribution in [-0.4, -0.2) is 36.2 Å². The summed E-state index contributed by atoms with van der Waals surface area (Å²) in [5.74, 6) is -1.78. The Balaban J connectivity index is 1.28. The van der Waals surface area contributed by atoms with Gasteiger partial charge in [-0.2, -0.15) is 0 Å². The molecule has 34 heavy (non-hydrogen) atoms. The maximum absolute atomic E-state index is 12.2. The quantitative estimate of drug-likeness (QED) is 0.413. The summed E-state index contributed by atoms with van der Waals surface area (Å²) in [6, 6.07) is 20.2. The van der Waals surface area contributed by atoms with Crippen LogP contribution in [0, 0.1) is 0 Å². The van der Waals surface area contributed by atoms with Crippen molar-refractivity contribution in [2.24, 2.45) is 0 Å². The van der Waals surface area contributed by atoms with E-state index in [-0.39, 0.29) is 30.3 Å². The third-order valence-corrected chi connectivity index (χ3v) is 5.68. The van der Waals surface area contributed by atoms with Crippen molar-refractivity contribution in [3.8, 4) is 11.1 Å². The van der Waals surface area contributed by atoms with Gasteiger partial charge in [0.1, 0.15) is 6.61 Å². The van der Waals surface area contributed by atoms with Gasteiger partial charge < -0.3 is 20.5 Å². The highest BCUT2D eigenvalue weighted by Crippen LogP contribution is 2.44. The van der Waals surface area contributed by atoms with Crippen LogP contribution in [0.5, 0.6) is 0 Å². The van der Waals surface area contributed by atoms with Crippen LogP contribution in [0.3, 0.4) is 0 Å². The molecular weight excluding hydrogens is 456 g/mol. The molecule has 172 valence electrons. The third-order valence-electron chi connectivity index (χ3n) is 5.45. The highest BCUT2D eigenvalue weighted by Gasteiger charge is 2.28. The number of hydrogen-bond acceptors (Lipinski definition) is 4. The number of alkyl carbamates (subject to hydrolysis) is 1. The molecule has 8 heteroatoms. The van der Waals surface area contributed by atoms with E-state index in [0.29, 0.717) is 5.02 Å². The molecule has 4 rings (SSSR count). The number of carboxylic acids is 1. The second kappa shape index (κ2) is 10.2. The Labute approximate surface area is 201 Å². The second-order valence-electron chi connectivity index (χ2n) is 7.59. The molecule has 0 saturated carbocycles. The summed E-state index contributed by atoms with van der Waals surface area (Å²) in [6.07, 6.45) is 2.02. The molecule has 0 radical (unpaired) electrons. The normalized spacial score (nSPS) is 12.1. The van der Waals surface area contributed by atoms with Crippen molar-refractivity contribution in [3.63, 3.8) is 0 Å². The largest absolute Gasteiger partial charge is 0.478 e. The number of rotatable bonds is 7. The van der Waals surface area contributed by atoms with Crippen LogP contribution in [0.2, 0.25) is 5.02 Å². The van der Waals surface area contributed by atoms with E-state index in [0.717, 1.165) is 22.3 Å². The van der Waals surface area contributed by atoms with Crippen LogP contribution >= 0.6 is 11.6 Å². The maximum atomic E-state index is 12.2. The van der Waals surface area contributed by atoms with Crippen LogP contribution in [0.25, 0.3) is 11.1 Å². The van der Waals surface area contributed by atoms with E-state index in [1.165, 1.54) is 30.4 Å². The Morgan fingerprint density at radius 3 is 2.26 bits per heavy atom. The number of anilines is 1. The van der Waals surface area contributed by atoms with Crippen LogP contribution in [-0.2, 0) is 9.53 Å². The number of benzene rings is 3. The molecule has 0 saturated heterocycles. The number of fused-ring (bicyclic) bond motifs is 3. The van der Waals surface area contributed by atoms with Crippen LogP contribution in [0.15, 0.2) is 78.9 Å². The minimum atomic E-state index is -1.19. The fraction of sp³-hybridized carbons (Fsp3) is 0.115. The predicted octanol–water partition coefficient (Wildman–Crippen LogP) is 5.07. The molecule has 0 aromatic heterocycles. The topological polar surface area (TPSA) is 105 Å². The predicted molar refractivity (Wildman–Crippen MR) is 129 cm³/mol. The van der Waals surface area contributed by atoms with Gasteiger partial charge in [-0.1, -0.05) is 66.2 Å². The Morgan fingerprint density at radius 2 is 1.62 bits per heavy atom. The summed E-state index contributed by atoms with van der Waals surface area (Å²) in [5.41, 5.74) is 4.53. The highest BCUT2D eigenvalue weighted by atomic mass is 35.5. The van der Waals surface area contributed by atoms with E-state index in [1.54, 1.807) is 0 Å². The summed E-state index contributed by atoms with van der Waals surface area (Å²) in [4.78, 5) is 35.5. The monoisotopic (exact) mass is 476 g/mol. The summed E-state index contributed by atoms with van der Waals surface area (Å²) < 4.78 is 5.43. The third kappa shape index (κ3) is 5.10. The summed E-state index contributed by atoms with van der Waals surface area (Å²) >= 11 is 5.88. The lowest BCUT2D eigenvalue weighted by molar-refractivity contribution is -0.111. The zero-order chi connectivity index (χ0) is 24.1. The van der Waals surface area contributed by atoms with Gasteiger partial charge in [0, 0.05) is 23.6 Å². The number of hydrogen-bond donors (Lipinski definition) is 3.